The van der Waals surface area contributed by atoms with Crippen molar-refractivity contribution in [3.05, 3.63) is 180 Å². The first kappa shape index (κ1) is 31.5. The van der Waals surface area contributed by atoms with Crippen molar-refractivity contribution < 1.29 is 21.1 Å². The van der Waals surface area contributed by atoms with Crippen LogP contribution in [0, 0.1) is 12.1 Å². The van der Waals surface area contributed by atoms with Crippen LogP contribution < -0.4 is 0 Å². The molecular weight excluding hydrogens is 804 g/mol. The van der Waals surface area contributed by atoms with E-state index < -0.39 is 5.41 Å². The van der Waals surface area contributed by atoms with Crippen molar-refractivity contribution in [1.82, 2.24) is 19.4 Å². The summed E-state index contributed by atoms with van der Waals surface area (Å²) in [6.07, 6.45) is 3.79. The third-order valence-corrected chi connectivity index (χ3v) is 10.5. The van der Waals surface area contributed by atoms with Crippen LogP contribution in [0.15, 0.2) is 140 Å². The molecule has 0 fully saturated rings. The van der Waals surface area contributed by atoms with Gasteiger partial charge in [0.15, 0.2) is 0 Å². The van der Waals surface area contributed by atoms with Gasteiger partial charge in [-0.3, -0.25) is 0 Å². The molecule has 0 saturated carbocycles. The van der Waals surface area contributed by atoms with E-state index in [9.17, 15) is 0 Å². The van der Waals surface area contributed by atoms with Gasteiger partial charge in [-0.05, 0) is 69.3 Å². The molecule has 5 heteroatoms. The molecule has 0 atom stereocenters. The van der Waals surface area contributed by atoms with Crippen LogP contribution in [0.3, 0.4) is 0 Å². The normalized spacial score (nSPS) is 13.4. The Labute approximate surface area is 311 Å². The van der Waals surface area contributed by atoms with E-state index in [2.05, 4.69) is 153 Å². The number of pyridine rings is 3. The number of nitrogens with zero attached hydrogens (tertiary/aromatic N) is 4. The number of fused-ring (bicyclic) bond motifs is 11. The van der Waals surface area contributed by atoms with Crippen LogP contribution in [0.5, 0.6) is 0 Å². The molecule has 0 bridgehead atoms. The zero-order chi connectivity index (χ0) is 33.6. The monoisotopic (exact) mass is 835 g/mol. The van der Waals surface area contributed by atoms with E-state index in [0.717, 1.165) is 60.9 Å². The van der Waals surface area contributed by atoms with Gasteiger partial charge in [0, 0.05) is 28.8 Å². The second-order valence-electron chi connectivity index (χ2n) is 14.3. The van der Waals surface area contributed by atoms with Gasteiger partial charge in [-0.1, -0.05) is 92.9 Å². The summed E-state index contributed by atoms with van der Waals surface area (Å²) in [5.41, 5.74) is 14.3. The molecule has 0 saturated heterocycles. The van der Waals surface area contributed by atoms with Gasteiger partial charge >= 0.3 is 21.1 Å². The fourth-order valence-corrected chi connectivity index (χ4v) is 8.15. The van der Waals surface area contributed by atoms with Crippen LogP contribution in [0.2, 0.25) is 0 Å². The molecule has 51 heavy (non-hydrogen) atoms. The van der Waals surface area contributed by atoms with E-state index in [1.165, 1.54) is 27.8 Å². The van der Waals surface area contributed by atoms with Crippen molar-refractivity contribution in [2.75, 3.05) is 0 Å². The number of rotatable bonds is 3. The van der Waals surface area contributed by atoms with Crippen LogP contribution in [-0.2, 0) is 31.9 Å². The number of benzene rings is 5. The van der Waals surface area contributed by atoms with Gasteiger partial charge < -0.3 is 14.4 Å². The molecule has 4 nitrogen and oxygen atoms in total. The van der Waals surface area contributed by atoms with Crippen molar-refractivity contribution in [2.45, 2.75) is 31.6 Å². The number of hydrogen-bond donors (Lipinski definition) is 0. The molecule has 0 radical (unpaired) electrons. The Bertz CT molecular complexity index is 2780. The van der Waals surface area contributed by atoms with Crippen LogP contribution in [-0.4, -0.2) is 19.4 Å². The molecule has 0 spiro atoms. The summed E-state index contributed by atoms with van der Waals surface area (Å²) >= 11 is 0. The molecule has 5 aromatic carbocycles. The van der Waals surface area contributed by atoms with E-state index in [1.54, 1.807) is 0 Å². The summed E-state index contributed by atoms with van der Waals surface area (Å²) in [5.74, 6) is 0. The Morgan fingerprint density at radius 2 is 1.33 bits per heavy atom. The second kappa shape index (κ2) is 11.5. The molecule has 4 aromatic heterocycles. The van der Waals surface area contributed by atoms with Gasteiger partial charge in [0.05, 0.1) is 11.0 Å². The quantitative estimate of drug-likeness (QED) is 0.132. The largest absolute Gasteiger partial charge is 2.00 e. The molecule has 4 heterocycles. The van der Waals surface area contributed by atoms with E-state index in [1.807, 2.05) is 24.5 Å². The summed E-state index contributed by atoms with van der Waals surface area (Å²) in [6, 6.07) is 53.2. The maximum atomic E-state index is 5.14. The Balaban J connectivity index is 0.00000348. The van der Waals surface area contributed by atoms with E-state index in [-0.39, 0.29) is 26.5 Å². The van der Waals surface area contributed by atoms with Gasteiger partial charge in [0.25, 0.3) is 0 Å². The van der Waals surface area contributed by atoms with Crippen LogP contribution >= 0.6 is 0 Å². The van der Waals surface area contributed by atoms with Crippen molar-refractivity contribution in [3.63, 3.8) is 0 Å². The van der Waals surface area contributed by atoms with E-state index >= 15 is 0 Å². The molecule has 0 aliphatic heterocycles. The first-order valence-corrected chi connectivity index (χ1v) is 17.1. The predicted octanol–water partition coefficient (Wildman–Crippen LogP) is 10.5. The minimum absolute atomic E-state index is 0. The third kappa shape index (κ3) is 4.52. The Morgan fingerprint density at radius 1 is 0.627 bits per heavy atom. The smallest absolute Gasteiger partial charge is 0.307 e. The van der Waals surface area contributed by atoms with Crippen molar-refractivity contribution >= 4 is 38.5 Å². The van der Waals surface area contributed by atoms with Crippen molar-refractivity contribution in [1.29, 1.82) is 0 Å². The molecule has 246 valence electrons. The summed E-state index contributed by atoms with van der Waals surface area (Å²) in [7, 11) is 0. The SMILES string of the molecule is CC(C)(C)c1ccnc(-c2[c-]c(C3(c4[c-]c5c(cc4)c4nc6ccccc6n4c4cccnc54)c4ccccc4-c4ccccc43)ccc2)c1.[Pt+2]. The van der Waals surface area contributed by atoms with Gasteiger partial charge in [-0.2, -0.15) is 0 Å². The van der Waals surface area contributed by atoms with Crippen LogP contribution in [0.4, 0.5) is 0 Å². The number of aromatic nitrogens is 4. The molecule has 10 rings (SSSR count). The molecule has 1 aliphatic carbocycles. The standard InChI is InChI=1S/C46H32N4.Pt/c1-45(2,3)30-23-25-47-40(28-30)29-12-10-13-31(26-29)46(37-16-6-4-14-33(37)34-15-5-7-17-38(34)46)32-21-22-35-36(27-32)43-42(20-11-24-48-43)50-41-19-9-8-18-39(41)49-44(35)50;/h4-25,28H,1-3H3;/q-2;+2. The maximum Gasteiger partial charge on any atom is 2.00 e. The average molecular weight is 836 g/mol. The van der Waals surface area contributed by atoms with E-state index in [4.69, 9.17) is 15.0 Å². The maximum absolute atomic E-state index is 5.14. The van der Waals surface area contributed by atoms with Crippen molar-refractivity contribution in [2.24, 2.45) is 0 Å². The third-order valence-electron chi connectivity index (χ3n) is 10.5. The zero-order valence-electron chi connectivity index (χ0n) is 28.4. The summed E-state index contributed by atoms with van der Waals surface area (Å²) < 4.78 is 2.24. The van der Waals surface area contributed by atoms with Crippen LogP contribution in [0.1, 0.15) is 48.6 Å². The fraction of sp³-hybridized carbons (Fsp3) is 0.109. The first-order valence-electron chi connectivity index (χ1n) is 17.1. The van der Waals surface area contributed by atoms with Gasteiger partial charge in [0.1, 0.15) is 5.65 Å². The molecule has 1 aliphatic rings. The zero-order valence-corrected chi connectivity index (χ0v) is 30.7. The minimum atomic E-state index is -0.688. The summed E-state index contributed by atoms with van der Waals surface area (Å²) in [4.78, 5) is 15.0. The minimum Gasteiger partial charge on any atom is -0.307 e. The Hall–Kier alpha value is -5.44. The number of para-hydroxylation sites is 2. The van der Waals surface area contributed by atoms with Crippen LogP contribution in [0.25, 0.3) is 60.9 Å². The summed E-state index contributed by atoms with van der Waals surface area (Å²) in [5, 5.41) is 1.98. The predicted molar refractivity (Wildman–Crippen MR) is 202 cm³/mol. The number of hydrogen-bond acceptors (Lipinski definition) is 3. The summed E-state index contributed by atoms with van der Waals surface area (Å²) in [6.45, 7) is 6.71. The van der Waals surface area contributed by atoms with Gasteiger partial charge in [0.2, 0.25) is 0 Å². The van der Waals surface area contributed by atoms with Gasteiger partial charge in [-0.25, -0.2) is 4.98 Å². The topological polar surface area (TPSA) is 43.1 Å². The molecule has 0 unspecified atom stereocenters. The number of imidazole rings is 1. The molecule has 0 amide bonds. The van der Waals surface area contributed by atoms with Gasteiger partial charge in [-0.15, -0.1) is 64.5 Å². The molecule has 9 aromatic rings. The fourth-order valence-electron chi connectivity index (χ4n) is 8.15. The first-order chi connectivity index (χ1) is 24.4. The molecular formula is C46H32N4Pt. The average Bonchev–Trinajstić information content (AvgIpc) is 3.70. The Kier molecular flexibility index (Phi) is 7.14. The van der Waals surface area contributed by atoms with Crippen molar-refractivity contribution in [3.8, 4) is 22.4 Å². The second-order valence-corrected chi connectivity index (χ2v) is 14.3. The molecule has 0 N–H and O–H groups in total. The Morgan fingerprint density at radius 3 is 2.12 bits per heavy atom. The van der Waals surface area contributed by atoms with E-state index in [0.29, 0.717) is 0 Å².